The van der Waals surface area contributed by atoms with Gasteiger partial charge in [-0.2, -0.15) is 0 Å². The van der Waals surface area contributed by atoms with E-state index in [1.54, 1.807) is 0 Å². The topological polar surface area (TPSA) is 15.3 Å². The maximum Gasteiger partial charge on any atom is 0.0264 e. The maximum absolute atomic E-state index is 3.75. The monoisotopic (exact) mass is 272 g/mol. The lowest BCUT2D eigenvalue weighted by atomic mass is 9.97. The molecule has 2 aliphatic rings. The number of rotatable bonds is 4. The van der Waals surface area contributed by atoms with Crippen LogP contribution in [0.5, 0.6) is 0 Å². The van der Waals surface area contributed by atoms with Crippen molar-refractivity contribution in [2.24, 2.45) is 0 Å². The van der Waals surface area contributed by atoms with Gasteiger partial charge in [-0.1, -0.05) is 50.1 Å². The first kappa shape index (κ1) is 14.1. The van der Waals surface area contributed by atoms with Gasteiger partial charge in [-0.3, -0.25) is 4.90 Å². The zero-order valence-corrected chi connectivity index (χ0v) is 12.7. The zero-order valence-electron chi connectivity index (χ0n) is 12.7. The molecule has 2 fully saturated rings. The highest BCUT2D eigenvalue weighted by molar-refractivity contribution is 5.16. The number of hydrogen-bond acceptors (Lipinski definition) is 2. The molecule has 1 saturated heterocycles. The first-order chi connectivity index (χ1) is 9.86. The number of benzene rings is 1. The van der Waals surface area contributed by atoms with Gasteiger partial charge in [0, 0.05) is 31.2 Å². The van der Waals surface area contributed by atoms with Crippen molar-refractivity contribution in [1.82, 2.24) is 10.2 Å². The van der Waals surface area contributed by atoms with Crippen LogP contribution in [0, 0.1) is 0 Å². The van der Waals surface area contributed by atoms with Crippen molar-refractivity contribution in [3.63, 3.8) is 0 Å². The zero-order chi connectivity index (χ0) is 13.8. The molecule has 0 amide bonds. The fourth-order valence-electron chi connectivity index (χ4n) is 3.92. The van der Waals surface area contributed by atoms with Crippen LogP contribution in [0.3, 0.4) is 0 Å². The second-order valence-electron chi connectivity index (χ2n) is 6.49. The van der Waals surface area contributed by atoms with Gasteiger partial charge in [0.15, 0.2) is 0 Å². The predicted molar refractivity (Wildman–Crippen MR) is 85.0 cm³/mol. The molecule has 110 valence electrons. The third kappa shape index (κ3) is 3.24. The molecule has 1 N–H and O–H groups in total. The summed E-state index contributed by atoms with van der Waals surface area (Å²) in [6.07, 6.45) is 8.15. The van der Waals surface area contributed by atoms with Gasteiger partial charge in [0.25, 0.3) is 0 Å². The summed E-state index contributed by atoms with van der Waals surface area (Å²) in [4.78, 5) is 2.84. The van der Waals surface area contributed by atoms with E-state index in [1.807, 2.05) is 0 Å². The standard InChI is InChI=1S/C18H28N2/c1-2-16-14-20(17-10-6-7-11-17)18(13-19-16)12-15-8-4-3-5-9-15/h3-5,8-9,16-19H,2,6-7,10-14H2,1H3. The van der Waals surface area contributed by atoms with E-state index in [9.17, 15) is 0 Å². The van der Waals surface area contributed by atoms with Gasteiger partial charge < -0.3 is 5.32 Å². The van der Waals surface area contributed by atoms with Gasteiger partial charge in [0.1, 0.15) is 0 Å². The molecule has 0 radical (unpaired) electrons. The van der Waals surface area contributed by atoms with Crippen molar-refractivity contribution in [3.8, 4) is 0 Å². The van der Waals surface area contributed by atoms with E-state index in [-0.39, 0.29) is 0 Å². The first-order valence-corrected chi connectivity index (χ1v) is 8.40. The van der Waals surface area contributed by atoms with Gasteiger partial charge in [-0.15, -0.1) is 0 Å². The molecule has 1 aliphatic heterocycles. The van der Waals surface area contributed by atoms with Crippen LogP contribution in [0.4, 0.5) is 0 Å². The molecule has 1 aliphatic carbocycles. The lowest BCUT2D eigenvalue weighted by Crippen LogP contribution is -2.59. The Hall–Kier alpha value is -0.860. The number of nitrogens with one attached hydrogen (secondary N) is 1. The Morgan fingerprint density at radius 2 is 1.90 bits per heavy atom. The summed E-state index contributed by atoms with van der Waals surface area (Å²) < 4.78 is 0. The van der Waals surface area contributed by atoms with Crippen LogP contribution in [0.1, 0.15) is 44.6 Å². The van der Waals surface area contributed by atoms with Crippen molar-refractivity contribution < 1.29 is 0 Å². The fourth-order valence-corrected chi connectivity index (χ4v) is 3.92. The van der Waals surface area contributed by atoms with E-state index in [4.69, 9.17) is 0 Å². The van der Waals surface area contributed by atoms with Crippen LogP contribution in [-0.4, -0.2) is 36.1 Å². The molecule has 1 aromatic carbocycles. The summed E-state index contributed by atoms with van der Waals surface area (Å²) in [5.74, 6) is 0. The number of piperazine rings is 1. The summed E-state index contributed by atoms with van der Waals surface area (Å²) in [6, 6.07) is 13.2. The van der Waals surface area contributed by atoms with Gasteiger partial charge in [-0.25, -0.2) is 0 Å². The highest BCUT2D eigenvalue weighted by atomic mass is 15.3. The predicted octanol–water partition coefficient (Wildman–Crippen LogP) is 3.22. The van der Waals surface area contributed by atoms with Crippen LogP contribution >= 0.6 is 0 Å². The fraction of sp³-hybridized carbons (Fsp3) is 0.667. The van der Waals surface area contributed by atoms with Crippen LogP contribution in [0.25, 0.3) is 0 Å². The largest absolute Gasteiger partial charge is 0.311 e. The molecule has 1 heterocycles. The summed E-state index contributed by atoms with van der Waals surface area (Å²) >= 11 is 0. The van der Waals surface area contributed by atoms with Crippen LogP contribution < -0.4 is 5.32 Å². The van der Waals surface area contributed by atoms with Crippen molar-refractivity contribution in [2.75, 3.05) is 13.1 Å². The second-order valence-corrected chi connectivity index (χ2v) is 6.49. The van der Waals surface area contributed by atoms with E-state index in [0.29, 0.717) is 12.1 Å². The highest BCUT2D eigenvalue weighted by Gasteiger charge is 2.33. The molecule has 1 aromatic rings. The molecular weight excluding hydrogens is 244 g/mol. The van der Waals surface area contributed by atoms with E-state index in [0.717, 1.165) is 12.6 Å². The van der Waals surface area contributed by atoms with E-state index < -0.39 is 0 Å². The van der Waals surface area contributed by atoms with Gasteiger partial charge in [0.05, 0.1) is 0 Å². The number of hydrogen-bond donors (Lipinski definition) is 1. The lowest BCUT2D eigenvalue weighted by Gasteiger charge is -2.44. The SMILES string of the molecule is CCC1CN(C2CCCC2)C(Cc2ccccc2)CN1. The summed E-state index contributed by atoms with van der Waals surface area (Å²) in [6.45, 7) is 4.71. The Kier molecular flexibility index (Phi) is 4.74. The van der Waals surface area contributed by atoms with Crippen molar-refractivity contribution in [1.29, 1.82) is 0 Å². The number of nitrogens with zero attached hydrogens (tertiary/aromatic N) is 1. The summed E-state index contributed by atoms with van der Waals surface area (Å²) in [5.41, 5.74) is 1.48. The Morgan fingerprint density at radius 3 is 2.60 bits per heavy atom. The molecule has 2 atom stereocenters. The van der Waals surface area contributed by atoms with Gasteiger partial charge in [0.2, 0.25) is 0 Å². The molecule has 1 saturated carbocycles. The Balaban J connectivity index is 1.69. The smallest absolute Gasteiger partial charge is 0.0264 e. The van der Waals surface area contributed by atoms with Crippen molar-refractivity contribution in [2.45, 2.75) is 63.6 Å². The Labute approximate surface area is 123 Å². The molecule has 2 unspecified atom stereocenters. The Bertz CT molecular complexity index is 397. The summed E-state index contributed by atoms with van der Waals surface area (Å²) in [5, 5.41) is 3.75. The molecule has 20 heavy (non-hydrogen) atoms. The normalized spacial score (nSPS) is 28.9. The minimum Gasteiger partial charge on any atom is -0.311 e. The van der Waals surface area contributed by atoms with Crippen molar-refractivity contribution >= 4 is 0 Å². The average molecular weight is 272 g/mol. The highest BCUT2D eigenvalue weighted by Crippen LogP contribution is 2.28. The minimum atomic E-state index is 0.684. The van der Waals surface area contributed by atoms with Crippen LogP contribution in [0.2, 0.25) is 0 Å². The quantitative estimate of drug-likeness (QED) is 0.905. The van der Waals surface area contributed by atoms with Crippen molar-refractivity contribution in [3.05, 3.63) is 35.9 Å². The molecule has 0 aromatic heterocycles. The van der Waals surface area contributed by atoms with E-state index in [1.165, 1.54) is 50.6 Å². The lowest BCUT2D eigenvalue weighted by molar-refractivity contribution is 0.0822. The molecule has 0 bridgehead atoms. The van der Waals surface area contributed by atoms with E-state index in [2.05, 4.69) is 47.5 Å². The van der Waals surface area contributed by atoms with E-state index >= 15 is 0 Å². The molecule has 2 nitrogen and oxygen atoms in total. The van der Waals surface area contributed by atoms with Gasteiger partial charge in [-0.05, 0) is 31.2 Å². The van der Waals surface area contributed by atoms with Gasteiger partial charge >= 0.3 is 0 Å². The third-order valence-corrected chi connectivity index (χ3v) is 5.14. The van der Waals surface area contributed by atoms with Crippen LogP contribution in [0.15, 0.2) is 30.3 Å². The summed E-state index contributed by atoms with van der Waals surface area (Å²) in [7, 11) is 0. The third-order valence-electron chi connectivity index (χ3n) is 5.14. The molecular formula is C18H28N2. The average Bonchev–Trinajstić information content (AvgIpc) is 3.03. The molecule has 0 spiro atoms. The Morgan fingerprint density at radius 1 is 1.15 bits per heavy atom. The molecule has 2 heteroatoms. The minimum absolute atomic E-state index is 0.684. The first-order valence-electron chi connectivity index (χ1n) is 8.40. The molecule has 3 rings (SSSR count). The second kappa shape index (κ2) is 6.73. The maximum atomic E-state index is 3.75. The van der Waals surface area contributed by atoms with Crippen LogP contribution in [-0.2, 0) is 6.42 Å².